The van der Waals surface area contributed by atoms with Crippen molar-refractivity contribution >= 4 is 11.6 Å². The fraction of sp³-hybridized carbons (Fsp3) is 0.214. The zero-order valence-corrected chi connectivity index (χ0v) is 10.9. The van der Waals surface area contributed by atoms with Gasteiger partial charge in [0.1, 0.15) is 5.75 Å². The van der Waals surface area contributed by atoms with Crippen molar-refractivity contribution in [2.75, 3.05) is 0 Å². The van der Waals surface area contributed by atoms with Gasteiger partial charge in [0.15, 0.2) is 0 Å². The summed E-state index contributed by atoms with van der Waals surface area (Å²) in [6, 6.07) is 11.2. The third kappa shape index (κ3) is 3.45. The van der Waals surface area contributed by atoms with Crippen molar-refractivity contribution in [3.05, 3.63) is 53.2 Å². The summed E-state index contributed by atoms with van der Waals surface area (Å²) < 4.78 is 5.74. The first-order chi connectivity index (χ1) is 8.65. The Morgan fingerprint density at radius 1 is 1.33 bits per heavy atom. The first-order valence-corrected chi connectivity index (χ1v) is 6.16. The molecule has 2 rings (SSSR count). The maximum absolute atomic E-state index is 5.91. The summed E-state index contributed by atoms with van der Waals surface area (Å²) >= 11 is 5.91. The van der Waals surface area contributed by atoms with Crippen LogP contribution in [0.3, 0.4) is 0 Å². The fourth-order valence-electron chi connectivity index (χ4n) is 1.66. The Bertz CT molecular complexity index is 529. The third-order valence-electron chi connectivity index (χ3n) is 2.40. The van der Waals surface area contributed by atoms with Crippen LogP contribution in [0, 0.1) is 0 Å². The van der Waals surface area contributed by atoms with Gasteiger partial charge in [-0.25, -0.2) is 4.98 Å². The van der Waals surface area contributed by atoms with E-state index in [-0.39, 0.29) is 6.04 Å². The van der Waals surface area contributed by atoms with E-state index in [1.54, 1.807) is 18.3 Å². The second-order valence-corrected chi connectivity index (χ2v) is 4.64. The molecule has 0 aliphatic rings. The lowest BCUT2D eigenvalue weighted by Crippen LogP contribution is -2.18. The van der Waals surface area contributed by atoms with Crippen molar-refractivity contribution in [3.8, 4) is 11.6 Å². The monoisotopic (exact) mass is 262 g/mol. The standard InChI is InChI=1S/C14H15ClN2O/c1-10(16)8-11-4-3-7-17-14(11)18-13-6-2-5-12(15)9-13/h2-7,9-10H,8,16H2,1H3. The van der Waals surface area contributed by atoms with Gasteiger partial charge in [-0.05, 0) is 37.6 Å². The van der Waals surface area contributed by atoms with Gasteiger partial charge in [-0.1, -0.05) is 23.7 Å². The normalized spacial score (nSPS) is 12.2. The van der Waals surface area contributed by atoms with Gasteiger partial charge in [-0.3, -0.25) is 0 Å². The molecule has 4 heteroatoms. The predicted octanol–water partition coefficient (Wildman–Crippen LogP) is 3.42. The number of hydrogen-bond acceptors (Lipinski definition) is 3. The minimum atomic E-state index is 0.0657. The third-order valence-corrected chi connectivity index (χ3v) is 2.64. The molecule has 0 aliphatic carbocycles. The molecule has 0 amide bonds. The number of aromatic nitrogens is 1. The van der Waals surface area contributed by atoms with Crippen LogP contribution in [0.15, 0.2) is 42.6 Å². The zero-order chi connectivity index (χ0) is 13.0. The Morgan fingerprint density at radius 3 is 2.89 bits per heavy atom. The molecule has 1 unspecified atom stereocenters. The summed E-state index contributed by atoms with van der Waals surface area (Å²) in [6.45, 7) is 1.95. The molecule has 94 valence electrons. The van der Waals surface area contributed by atoms with Crippen molar-refractivity contribution in [3.63, 3.8) is 0 Å². The maximum Gasteiger partial charge on any atom is 0.222 e. The molecule has 0 aliphatic heterocycles. The Balaban J connectivity index is 2.23. The first kappa shape index (κ1) is 12.9. The van der Waals surface area contributed by atoms with Crippen molar-refractivity contribution in [1.82, 2.24) is 4.98 Å². The molecule has 1 heterocycles. The number of rotatable bonds is 4. The fourth-order valence-corrected chi connectivity index (χ4v) is 1.84. The Labute approximate surface area is 112 Å². The molecule has 3 nitrogen and oxygen atoms in total. The molecule has 0 bridgehead atoms. The average Bonchev–Trinajstić information content (AvgIpc) is 2.31. The van der Waals surface area contributed by atoms with Crippen LogP contribution >= 0.6 is 11.6 Å². The summed E-state index contributed by atoms with van der Waals surface area (Å²) in [5, 5.41) is 0.636. The van der Waals surface area contributed by atoms with Gasteiger partial charge in [0, 0.05) is 22.8 Å². The molecule has 18 heavy (non-hydrogen) atoms. The molecule has 2 N–H and O–H groups in total. The van der Waals surface area contributed by atoms with E-state index in [9.17, 15) is 0 Å². The Kier molecular flexibility index (Phi) is 4.18. The van der Waals surface area contributed by atoms with Gasteiger partial charge in [0.2, 0.25) is 5.88 Å². The molecular weight excluding hydrogens is 248 g/mol. The van der Waals surface area contributed by atoms with Gasteiger partial charge >= 0.3 is 0 Å². The van der Waals surface area contributed by atoms with Gasteiger partial charge in [-0.2, -0.15) is 0 Å². The Morgan fingerprint density at radius 2 is 2.17 bits per heavy atom. The number of nitrogens with zero attached hydrogens (tertiary/aromatic N) is 1. The van der Waals surface area contributed by atoms with Gasteiger partial charge < -0.3 is 10.5 Å². The van der Waals surface area contributed by atoms with Crippen LogP contribution in [0.2, 0.25) is 5.02 Å². The lowest BCUT2D eigenvalue weighted by molar-refractivity contribution is 0.454. The summed E-state index contributed by atoms with van der Waals surface area (Å²) in [5.41, 5.74) is 6.80. The molecule has 0 radical (unpaired) electrons. The molecular formula is C14H15ClN2O. The van der Waals surface area contributed by atoms with Gasteiger partial charge in [0.25, 0.3) is 0 Å². The highest BCUT2D eigenvalue weighted by Gasteiger charge is 2.08. The van der Waals surface area contributed by atoms with Crippen LogP contribution < -0.4 is 10.5 Å². The summed E-state index contributed by atoms with van der Waals surface area (Å²) in [5.74, 6) is 1.25. The topological polar surface area (TPSA) is 48.1 Å². The number of pyridine rings is 1. The molecule has 0 spiro atoms. The maximum atomic E-state index is 5.91. The second kappa shape index (κ2) is 5.85. The summed E-state index contributed by atoms with van der Waals surface area (Å²) in [4.78, 5) is 4.24. The lowest BCUT2D eigenvalue weighted by Gasteiger charge is -2.11. The van der Waals surface area contributed by atoms with Crippen molar-refractivity contribution in [1.29, 1.82) is 0 Å². The van der Waals surface area contributed by atoms with E-state index in [4.69, 9.17) is 22.1 Å². The van der Waals surface area contributed by atoms with Crippen LogP contribution in [0.1, 0.15) is 12.5 Å². The molecule has 0 saturated heterocycles. The van der Waals surface area contributed by atoms with E-state index in [0.717, 1.165) is 12.0 Å². The van der Waals surface area contributed by atoms with E-state index < -0.39 is 0 Å². The average molecular weight is 263 g/mol. The van der Waals surface area contributed by atoms with Crippen LogP contribution in [0.5, 0.6) is 11.6 Å². The molecule has 1 aromatic carbocycles. The minimum absolute atomic E-state index is 0.0657. The van der Waals surface area contributed by atoms with E-state index in [0.29, 0.717) is 16.7 Å². The Hall–Kier alpha value is -1.58. The number of hydrogen-bond donors (Lipinski definition) is 1. The zero-order valence-electron chi connectivity index (χ0n) is 10.1. The first-order valence-electron chi connectivity index (χ1n) is 5.78. The SMILES string of the molecule is CC(N)Cc1cccnc1Oc1cccc(Cl)c1. The molecule has 2 aromatic rings. The van der Waals surface area contributed by atoms with E-state index in [1.165, 1.54) is 0 Å². The quantitative estimate of drug-likeness (QED) is 0.918. The second-order valence-electron chi connectivity index (χ2n) is 4.21. The van der Waals surface area contributed by atoms with E-state index in [1.807, 2.05) is 31.2 Å². The minimum Gasteiger partial charge on any atom is -0.439 e. The lowest BCUT2D eigenvalue weighted by atomic mass is 10.1. The molecule has 1 atom stereocenters. The largest absolute Gasteiger partial charge is 0.439 e. The van der Waals surface area contributed by atoms with Crippen LogP contribution in [-0.4, -0.2) is 11.0 Å². The number of halogens is 1. The van der Waals surface area contributed by atoms with Gasteiger partial charge in [-0.15, -0.1) is 0 Å². The smallest absolute Gasteiger partial charge is 0.222 e. The summed E-state index contributed by atoms with van der Waals surface area (Å²) in [7, 11) is 0. The van der Waals surface area contributed by atoms with E-state index in [2.05, 4.69) is 4.98 Å². The van der Waals surface area contributed by atoms with Crippen molar-refractivity contribution in [2.45, 2.75) is 19.4 Å². The highest BCUT2D eigenvalue weighted by atomic mass is 35.5. The number of nitrogens with two attached hydrogens (primary N) is 1. The number of ether oxygens (including phenoxy) is 1. The van der Waals surface area contributed by atoms with Crippen LogP contribution in [0.25, 0.3) is 0 Å². The number of benzene rings is 1. The van der Waals surface area contributed by atoms with Crippen molar-refractivity contribution < 1.29 is 4.74 Å². The van der Waals surface area contributed by atoms with Crippen molar-refractivity contribution in [2.24, 2.45) is 5.73 Å². The highest BCUT2D eigenvalue weighted by Crippen LogP contribution is 2.25. The van der Waals surface area contributed by atoms with Crippen LogP contribution in [0.4, 0.5) is 0 Å². The predicted molar refractivity (Wildman–Crippen MR) is 73.1 cm³/mol. The molecule has 1 aromatic heterocycles. The molecule has 0 saturated carbocycles. The van der Waals surface area contributed by atoms with E-state index >= 15 is 0 Å². The van der Waals surface area contributed by atoms with Gasteiger partial charge in [0.05, 0.1) is 0 Å². The summed E-state index contributed by atoms with van der Waals surface area (Å²) in [6.07, 6.45) is 2.42. The highest BCUT2D eigenvalue weighted by molar-refractivity contribution is 6.30. The van der Waals surface area contributed by atoms with Crippen LogP contribution in [-0.2, 0) is 6.42 Å². The molecule has 0 fully saturated rings.